The minimum absolute atomic E-state index is 0.0644. The molecule has 0 bridgehead atoms. The molecule has 0 saturated heterocycles. The van der Waals surface area contributed by atoms with Gasteiger partial charge in [-0.3, -0.25) is 0 Å². The van der Waals surface area contributed by atoms with Gasteiger partial charge in [0.2, 0.25) is 10.0 Å². The van der Waals surface area contributed by atoms with E-state index in [1.165, 1.54) is 12.1 Å². The Balaban J connectivity index is 1.86. The number of aryl methyl sites for hydroxylation is 1. The van der Waals surface area contributed by atoms with Gasteiger partial charge < -0.3 is 4.42 Å². The first kappa shape index (κ1) is 13.3. The molecule has 1 atom stereocenters. The summed E-state index contributed by atoms with van der Waals surface area (Å²) in [7, 11) is -3.66. The Bertz CT molecular complexity index is 706. The third-order valence-corrected chi connectivity index (χ3v) is 4.96. The number of hydrogen-bond donors (Lipinski definition) is 1. The normalized spacial score (nSPS) is 18.8. The topological polar surface area (TPSA) is 59.3 Å². The van der Waals surface area contributed by atoms with Gasteiger partial charge in [-0.1, -0.05) is 0 Å². The van der Waals surface area contributed by atoms with Gasteiger partial charge in [-0.2, -0.15) is 0 Å². The van der Waals surface area contributed by atoms with Crippen LogP contribution in [0.3, 0.4) is 0 Å². The van der Waals surface area contributed by atoms with Crippen LogP contribution in [-0.4, -0.2) is 8.42 Å². The van der Waals surface area contributed by atoms with Crippen molar-refractivity contribution in [3.63, 3.8) is 0 Å². The SMILES string of the molecule is O=S(=O)(N[C@@H]1CCCc2occc21)c1ccc(F)cc1. The minimum Gasteiger partial charge on any atom is -0.469 e. The fraction of sp³-hybridized carbons (Fsp3) is 0.286. The summed E-state index contributed by atoms with van der Waals surface area (Å²) in [6.07, 6.45) is 4.01. The summed E-state index contributed by atoms with van der Waals surface area (Å²) in [5, 5.41) is 0. The maximum absolute atomic E-state index is 12.9. The average Bonchev–Trinajstić information content (AvgIpc) is 2.88. The first-order chi connectivity index (χ1) is 9.56. The van der Waals surface area contributed by atoms with Crippen molar-refractivity contribution in [3.8, 4) is 0 Å². The molecule has 0 saturated carbocycles. The Labute approximate surface area is 116 Å². The highest BCUT2D eigenvalue weighted by atomic mass is 32.2. The lowest BCUT2D eigenvalue weighted by Gasteiger charge is -2.22. The van der Waals surface area contributed by atoms with E-state index in [1.54, 1.807) is 12.3 Å². The van der Waals surface area contributed by atoms with Crippen LogP contribution >= 0.6 is 0 Å². The fourth-order valence-electron chi connectivity index (χ4n) is 2.48. The second-order valence-corrected chi connectivity index (χ2v) is 6.53. The number of halogens is 1. The number of sulfonamides is 1. The predicted octanol–water partition coefficient (Wildman–Crippen LogP) is 2.77. The molecule has 0 amide bonds. The molecule has 0 aliphatic heterocycles. The maximum Gasteiger partial charge on any atom is 0.241 e. The van der Waals surface area contributed by atoms with Gasteiger partial charge in [0.1, 0.15) is 11.6 Å². The van der Waals surface area contributed by atoms with Gasteiger partial charge >= 0.3 is 0 Å². The maximum atomic E-state index is 12.9. The molecule has 106 valence electrons. The van der Waals surface area contributed by atoms with Crippen LogP contribution in [0.5, 0.6) is 0 Å². The second kappa shape index (κ2) is 5.03. The van der Waals surface area contributed by atoms with Crippen LogP contribution in [0.4, 0.5) is 4.39 Å². The largest absolute Gasteiger partial charge is 0.469 e. The molecule has 0 fully saturated rings. The number of rotatable bonds is 3. The third-order valence-electron chi connectivity index (χ3n) is 3.47. The highest BCUT2D eigenvalue weighted by Gasteiger charge is 2.27. The van der Waals surface area contributed by atoms with Gasteiger partial charge in [0.15, 0.2) is 0 Å². The fourth-order valence-corrected chi connectivity index (χ4v) is 3.73. The molecule has 0 radical (unpaired) electrons. The van der Waals surface area contributed by atoms with Gasteiger partial charge in [-0.25, -0.2) is 17.5 Å². The Morgan fingerprint density at radius 1 is 1.20 bits per heavy atom. The number of fused-ring (bicyclic) bond motifs is 1. The quantitative estimate of drug-likeness (QED) is 0.947. The van der Waals surface area contributed by atoms with E-state index in [4.69, 9.17) is 4.42 Å². The van der Waals surface area contributed by atoms with Crippen LogP contribution in [0.25, 0.3) is 0 Å². The van der Waals surface area contributed by atoms with E-state index in [0.717, 1.165) is 42.7 Å². The van der Waals surface area contributed by atoms with Crippen molar-refractivity contribution in [2.75, 3.05) is 0 Å². The van der Waals surface area contributed by atoms with E-state index in [9.17, 15) is 12.8 Å². The van der Waals surface area contributed by atoms with Crippen molar-refractivity contribution in [3.05, 3.63) is 53.7 Å². The summed E-state index contributed by atoms with van der Waals surface area (Å²) >= 11 is 0. The van der Waals surface area contributed by atoms with Gasteiger partial charge in [0.25, 0.3) is 0 Å². The van der Waals surface area contributed by atoms with Crippen molar-refractivity contribution in [2.24, 2.45) is 0 Å². The van der Waals surface area contributed by atoms with Crippen molar-refractivity contribution < 1.29 is 17.2 Å². The van der Waals surface area contributed by atoms with E-state index in [2.05, 4.69) is 4.72 Å². The van der Waals surface area contributed by atoms with Crippen LogP contribution in [0, 0.1) is 5.82 Å². The molecule has 0 spiro atoms. The van der Waals surface area contributed by atoms with E-state index >= 15 is 0 Å². The second-order valence-electron chi connectivity index (χ2n) is 4.82. The monoisotopic (exact) mass is 295 g/mol. The molecule has 2 aromatic rings. The molecule has 1 heterocycles. The van der Waals surface area contributed by atoms with Gasteiger partial charge in [0, 0.05) is 12.0 Å². The highest BCUT2D eigenvalue weighted by Crippen LogP contribution is 2.31. The first-order valence-electron chi connectivity index (χ1n) is 6.40. The molecular weight excluding hydrogens is 281 g/mol. The van der Waals surface area contributed by atoms with Gasteiger partial charge in [0.05, 0.1) is 17.2 Å². The smallest absolute Gasteiger partial charge is 0.241 e. The zero-order valence-electron chi connectivity index (χ0n) is 10.7. The minimum atomic E-state index is -3.66. The lowest BCUT2D eigenvalue weighted by molar-refractivity contribution is 0.438. The molecule has 1 aliphatic carbocycles. The molecule has 4 nitrogen and oxygen atoms in total. The van der Waals surface area contributed by atoms with Crippen molar-refractivity contribution in [2.45, 2.75) is 30.2 Å². The summed E-state index contributed by atoms with van der Waals surface area (Å²) in [4.78, 5) is 0.0644. The Morgan fingerprint density at radius 3 is 2.70 bits per heavy atom. The zero-order valence-corrected chi connectivity index (χ0v) is 11.5. The standard InChI is InChI=1S/C14H14FNO3S/c15-10-4-6-11(7-5-10)20(17,18)16-13-2-1-3-14-12(13)8-9-19-14/h4-9,13,16H,1-3H2/t13-/m1/s1. The average molecular weight is 295 g/mol. The highest BCUT2D eigenvalue weighted by molar-refractivity contribution is 7.89. The number of benzene rings is 1. The van der Waals surface area contributed by atoms with Crippen molar-refractivity contribution in [1.29, 1.82) is 0 Å². The van der Waals surface area contributed by atoms with Crippen LogP contribution in [0.1, 0.15) is 30.2 Å². The lowest BCUT2D eigenvalue weighted by atomic mass is 9.94. The van der Waals surface area contributed by atoms with Crippen LogP contribution < -0.4 is 4.72 Å². The molecule has 1 aliphatic rings. The van der Waals surface area contributed by atoms with E-state index in [0.29, 0.717) is 0 Å². The van der Waals surface area contributed by atoms with E-state index in [-0.39, 0.29) is 10.9 Å². The van der Waals surface area contributed by atoms with E-state index < -0.39 is 15.8 Å². The van der Waals surface area contributed by atoms with Gasteiger partial charge in [-0.15, -0.1) is 0 Å². The third kappa shape index (κ3) is 2.48. The number of furan rings is 1. The van der Waals surface area contributed by atoms with Crippen LogP contribution in [0.2, 0.25) is 0 Å². The van der Waals surface area contributed by atoms with Crippen molar-refractivity contribution in [1.82, 2.24) is 4.72 Å². The lowest BCUT2D eigenvalue weighted by Crippen LogP contribution is -2.30. The molecule has 0 unspecified atom stereocenters. The predicted molar refractivity (Wildman–Crippen MR) is 71.1 cm³/mol. The molecular formula is C14H14FNO3S. The summed E-state index contributed by atoms with van der Waals surface area (Å²) in [5.41, 5.74) is 0.891. The number of hydrogen-bond acceptors (Lipinski definition) is 3. The molecule has 1 N–H and O–H groups in total. The number of nitrogens with one attached hydrogen (secondary N) is 1. The first-order valence-corrected chi connectivity index (χ1v) is 7.89. The molecule has 1 aromatic carbocycles. The van der Waals surface area contributed by atoms with E-state index in [1.807, 2.05) is 0 Å². The zero-order chi connectivity index (χ0) is 14.2. The Kier molecular flexibility index (Phi) is 3.35. The summed E-state index contributed by atoms with van der Waals surface area (Å²) in [6.45, 7) is 0. The van der Waals surface area contributed by atoms with Crippen LogP contribution in [0.15, 0.2) is 45.9 Å². The summed E-state index contributed by atoms with van der Waals surface area (Å²) < 4.78 is 45.4. The molecule has 6 heteroatoms. The van der Waals surface area contributed by atoms with Crippen molar-refractivity contribution >= 4 is 10.0 Å². The Hall–Kier alpha value is -1.66. The van der Waals surface area contributed by atoms with Gasteiger partial charge in [-0.05, 0) is 43.2 Å². The summed E-state index contributed by atoms with van der Waals surface area (Å²) in [6, 6.07) is 6.31. The summed E-state index contributed by atoms with van der Waals surface area (Å²) in [5.74, 6) is 0.377. The molecule has 1 aromatic heterocycles. The molecule has 20 heavy (non-hydrogen) atoms. The van der Waals surface area contributed by atoms with Crippen LogP contribution in [-0.2, 0) is 16.4 Å². The Morgan fingerprint density at radius 2 is 1.95 bits per heavy atom. The molecule has 3 rings (SSSR count).